The number of hydrogen-bond donors (Lipinski definition) is 1. The van der Waals surface area contributed by atoms with Gasteiger partial charge < -0.3 is 5.32 Å². The molecular formula is C13H16BrClN2. The molecule has 0 spiro atoms. The van der Waals surface area contributed by atoms with Crippen LogP contribution in [0, 0.1) is 0 Å². The summed E-state index contributed by atoms with van der Waals surface area (Å²) in [5, 5.41) is 4.37. The van der Waals surface area contributed by atoms with Crippen LogP contribution in [0.5, 0.6) is 0 Å². The quantitative estimate of drug-likeness (QED) is 0.914. The van der Waals surface area contributed by atoms with Crippen LogP contribution in [-0.2, 0) is 0 Å². The Morgan fingerprint density at radius 1 is 1.29 bits per heavy atom. The predicted molar refractivity (Wildman–Crippen MR) is 75.8 cm³/mol. The molecule has 3 rings (SSSR count). The van der Waals surface area contributed by atoms with Gasteiger partial charge in [-0.2, -0.15) is 0 Å². The number of hydrogen-bond acceptors (Lipinski definition) is 2. The highest BCUT2D eigenvalue weighted by molar-refractivity contribution is 9.10. The normalized spacial score (nSPS) is 25.2. The molecule has 2 nitrogen and oxygen atoms in total. The van der Waals surface area contributed by atoms with E-state index in [-0.39, 0.29) is 0 Å². The fourth-order valence-corrected chi connectivity index (χ4v) is 3.30. The Balaban J connectivity index is 1.63. The molecule has 1 aromatic rings. The molecule has 0 bridgehead atoms. The Bertz CT molecular complexity index is 420. The summed E-state index contributed by atoms with van der Waals surface area (Å²) in [5.41, 5.74) is 1.15. The summed E-state index contributed by atoms with van der Waals surface area (Å²) in [6.45, 7) is 2.42. The molecule has 0 aromatic heterocycles. The zero-order chi connectivity index (χ0) is 11.8. The molecule has 17 heavy (non-hydrogen) atoms. The molecular weight excluding hydrogens is 300 g/mol. The van der Waals surface area contributed by atoms with Crippen molar-refractivity contribution in [2.24, 2.45) is 0 Å². The Morgan fingerprint density at radius 3 is 2.82 bits per heavy atom. The van der Waals surface area contributed by atoms with Crippen molar-refractivity contribution in [3.8, 4) is 0 Å². The maximum atomic E-state index is 5.94. The average molecular weight is 316 g/mol. The van der Waals surface area contributed by atoms with Gasteiger partial charge in [0.15, 0.2) is 0 Å². The third kappa shape index (κ3) is 2.78. The van der Waals surface area contributed by atoms with E-state index in [9.17, 15) is 0 Å². The van der Waals surface area contributed by atoms with Crippen LogP contribution in [0.4, 0.5) is 5.69 Å². The van der Waals surface area contributed by atoms with Crippen LogP contribution >= 0.6 is 27.5 Å². The molecule has 1 atom stereocenters. The van der Waals surface area contributed by atoms with Crippen molar-refractivity contribution in [2.75, 3.05) is 18.4 Å². The Kier molecular flexibility index (Phi) is 3.33. The fraction of sp³-hybridized carbons (Fsp3) is 0.538. The summed E-state index contributed by atoms with van der Waals surface area (Å²) in [7, 11) is 0. The van der Waals surface area contributed by atoms with Crippen molar-refractivity contribution in [3.05, 3.63) is 27.7 Å². The number of nitrogens with zero attached hydrogens (tertiary/aromatic N) is 1. The fourth-order valence-electron chi connectivity index (χ4n) is 2.50. The largest absolute Gasteiger partial charge is 0.380 e. The summed E-state index contributed by atoms with van der Waals surface area (Å²) in [6, 6.07) is 7.38. The molecule has 92 valence electrons. The van der Waals surface area contributed by atoms with E-state index in [1.165, 1.54) is 32.4 Å². The van der Waals surface area contributed by atoms with Crippen LogP contribution in [0.2, 0.25) is 5.02 Å². The first-order chi connectivity index (χ1) is 8.22. The van der Waals surface area contributed by atoms with Crippen molar-refractivity contribution in [2.45, 2.75) is 31.3 Å². The van der Waals surface area contributed by atoms with E-state index >= 15 is 0 Å². The molecule has 1 heterocycles. The molecule has 2 fully saturated rings. The maximum absolute atomic E-state index is 5.94. The number of halogens is 2. The van der Waals surface area contributed by atoms with Gasteiger partial charge in [0.2, 0.25) is 0 Å². The number of nitrogens with one attached hydrogen (secondary N) is 1. The molecule has 1 saturated heterocycles. The second-order valence-corrected chi connectivity index (χ2v) is 6.27. The second kappa shape index (κ2) is 4.79. The van der Waals surface area contributed by atoms with Gasteiger partial charge in [0.1, 0.15) is 0 Å². The molecule has 1 N–H and O–H groups in total. The number of benzene rings is 1. The van der Waals surface area contributed by atoms with Gasteiger partial charge in [-0.25, -0.2) is 0 Å². The van der Waals surface area contributed by atoms with Crippen molar-refractivity contribution < 1.29 is 0 Å². The number of likely N-dealkylation sites (tertiary alicyclic amines) is 1. The minimum atomic E-state index is 0.577. The molecule has 4 heteroatoms. The summed E-state index contributed by atoms with van der Waals surface area (Å²) in [6.07, 6.45) is 4.04. The highest BCUT2D eigenvalue weighted by Gasteiger charge is 2.34. The van der Waals surface area contributed by atoms with Crippen LogP contribution in [0.1, 0.15) is 19.3 Å². The predicted octanol–water partition coefficient (Wildman–Crippen LogP) is 3.75. The minimum Gasteiger partial charge on any atom is -0.380 e. The van der Waals surface area contributed by atoms with Gasteiger partial charge in [0.05, 0.1) is 0 Å². The summed E-state index contributed by atoms with van der Waals surface area (Å²) < 4.78 is 1.05. The van der Waals surface area contributed by atoms with Crippen molar-refractivity contribution in [1.29, 1.82) is 0 Å². The third-order valence-electron chi connectivity index (χ3n) is 3.57. The van der Waals surface area contributed by atoms with Gasteiger partial charge in [-0.3, -0.25) is 4.90 Å². The SMILES string of the molecule is Clc1ccc(NC2CCN(C3CC3)C2)c(Br)c1. The van der Waals surface area contributed by atoms with E-state index in [4.69, 9.17) is 11.6 Å². The third-order valence-corrected chi connectivity index (χ3v) is 4.46. The zero-order valence-corrected chi connectivity index (χ0v) is 12.0. The Labute approximate surface area is 115 Å². The molecule has 0 radical (unpaired) electrons. The second-order valence-electron chi connectivity index (χ2n) is 4.98. The summed E-state index contributed by atoms with van der Waals surface area (Å²) >= 11 is 9.49. The lowest BCUT2D eigenvalue weighted by Gasteiger charge is -2.17. The van der Waals surface area contributed by atoms with E-state index in [2.05, 4.69) is 26.1 Å². The lowest BCUT2D eigenvalue weighted by atomic mass is 10.2. The van der Waals surface area contributed by atoms with Crippen molar-refractivity contribution in [3.63, 3.8) is 0 Å². The molecule has 1 aliphatic carbocycles. The standard InChI is InChI=1S/C13H16BrClN2/c14-12-7-9(15)1-4-13(12)16-10-5-6-17(8-10)11-2-3-11/h1,4,7,10-11,16H,2-3,5-6,8H2. The summed E-state index contributed by atoms with van der Waals surface area (Å²) in [5.74, 6) is 0. The maximum Gasteiger partial charge on any atom is 0.0488 e. The van der Waals surface area contributed by atoms with Gasteiger partial charge in [-0.15, -0.1) is 0 Å². The van der Waals surface area contributed by atoms with Gasteiger partial charge in [-0.05, 0) is 53.4 Å². The van der Waals surface area contributed by atoms with Crippen LogP contribution in [0.15, 0.2) is 22.7 Å². The molecule has 1 unspecified atom stereocenters. The molecule has 0 amide bonds. The summed E-state index contributed by atoms with van der Waals surface area (Å²) in [4.78, 5) is 2.61. The van der Waals surface area contributed by atoms with E-state index in [1.54, 1.807) is 0 Å². The van der Waals surface area contributed by atoms with Gasteiger partial charge in [0, 0.05) is 40.4 Å². The van der Waals surface area contributed by atoms with E-state index in [1.807, 2.05) is 18.2 Å². The molecule has 1 aliphatic heterocycles. The zero-order valence-electron chi connectivity index (χ0n) is 9.63. The highest BCUT2D eigenvalue weighted by atomic mass is 79.9. The van der Waals surface area contributed by atoms with Crippen LogP contribution < -0.4 is 5.32 Å². The Hall–Kier alpha value is -0.250. The average Bonchev–Trinajstić information content (AvgIpc) is 3.04. The van der Waals surface area contributed by atoms with Crippen LogP contribution in [0.3, 0.4) is 0 Å². The van der Waals surface area contributed by atoms with Crippen molar-refractivity contribution >= 4 is 33.2 Å². The first kappa shape index (κ1) is 11.8. The van der Waals surface area contributed by atoms with Crippen LogP contribution in [0.25, 0.3) is 0 Å². The van der Waals surface area contributed by atoms with E-state index in [0.29, 0.717) is 6.04 Å². The van der Waals surface area contributed by atoms with Gasteiger partial charge >= 0.3 is 0 Å². The smallest absolute Gasteiger partial charge is 0.0488 e. The monoisotopic (exact) mass is 314 g/mol. The molecule has 1 aromatic carbocycles. The van der Waals surface area contributed by atoms with E-state index in [0.717, 1.165) is 21.2 Å². The number of rotatable bonds is 3. The van der Waals surface area contributed by atoms with Crippen LogP contribution in [-0.4, -0.2) is 30.1 Å². The van der Waals surface area contributed by atoms with Gasteiger partial charge in [-0.1, -0.05) is 11.6 Å². The first-order valence-electron chi connectivity index (χ1n) is 6.18. The van der Waals surface area contributed by atoms with E-state index < -0.39 is 0 Å². The molecule has 1 saturated carbocycles. The first-order valence-corrected chi connectivity index (χ1v) is 7.35. The van der Waals surface area contributed by atoms with Crippen molar-refractivity contribution in [1.82, 2.24) is 4.90 Å². The lowest BCUT2D eigenvalue weighted by Crippen LogP contribution is -2.27. The lowest BCUT2D eigenvalue weighted by molar-refractivity contribution is 0.326. The topological polar surface area (TPSA) is 15.3 Å². The number of anilines is 1. The van der Waals surface area contributed by atoms with Gasteiger partial charge in [0.25, 0.3) is 0 Å². The molecule has 2 aliphatic rings. The highest BCUT2D eigenvalue weighted by Crippen LogP contribution is 2.32. The Morgan fingerprint density at radius 2 is 2.12 bits per heavy atom. The minimum absolute atomic E-state index is 0.577.